The molecule has 0 heterocycles. The van der Waals surface area contributed by atoms with Gasteiger partial charge in [0.1, 0.15) is 0 Å². The van der Waals surface area contributed by atoms with Crippen LogP contribution in [0.4, 0.5) is 8.78 Å². The van der Waals surface area contributed by atoms with Crippen molar-refractivity contribution < 1.29 is 28.2 Å². The molecule has 6 nitrogen and oxygen atoms in total. The lowest BCUT2D eigenvalue weighted by Gasteiger charge is -2.35. The molecule has 0 bridgehead atoms. The van der Waals surface area contributed by atoms with Crippen LogP contribution in [0.2, 0.25) is 0 Å². The van der Waals surface area contributed by atoms with Gasteiger partial charge >= 0.3 is 11.9 Å². The number of rotatable bonds is 17. The molecule has 1 aromatic carbocycles. The summed E-state index contributed by atoms with van der Waals surface area (Å²) in [5.74, 6) is -3.35. The Morgan fingerprint density at radius 3 is 2.17 bits per heavy atom. The van der Waals surface area contributed by atoms with E-state index in [0.717, 1.165) is 19.3 Å². The molecule has 0 amide bonds. The summed E-state index contributed by atoms with van der Waals surface area (Å²) in [6.07, 6.45) is 11.3. The van der Waals surface area contributed by atoms with E-state index in [4.69, 9.17) is 4.74 Å². The molecule has 204 valence electrons. The first kappa shape index (κ1) is 30.2. The molecule has 1 saturated carbocycles. The fourth-order valence-electron chi connectivity index (χ4n) is 4.91. The first-order valence-corrected chi connectivity index (χ1v) is 13.7. The predicted molar refractivity (Wildman–Crippen MR) is 136 cm³/mol. The minimum atomic E-state index is -1.47. The van der Waals surface area contributed by atoms with Crippen LogP contribution >= 0.6 is 0 Å². The number of carboxylic acid groups (broad SMARTS) is 1. The number of ether oxygens (including phenoxy) is 1. The highest BCUT2D eigenvalue weighted by atomic mass is 19.2. The lowest BCUT2D eigenvalue weighted by molar-refractivity contribution is -0.171. The lowest BCUT2D eigenvalue weighted by atomic mass is 9.72. The molecule has 0 atom stereocenters. The van der Waals surface area contributed by atoms with Crippen LogP contribution in [-0.2, 0) is 27.3 Å². The SMILES string of the molecule is CCCCCCCCCCc1ccc(CNCNC2CCC(C(=O)O)(C(=O)OCC)CC2)c(F)c1F. The Labute approximate surface area is 214 Å². The number of unbranched alkanes of at least 4 members (excludes halogenated alkanes) is 7. The number of carboxylic acids is 1. The number of hydrogen-bond donors (Lipinski definition) is 3. The van der Waals surface area contributed by atoms with E-state index in [-0.39, 0.29) is 37.6 Å². The third-order valence-corrected chi connectivity index (χ3v) is 7.29. The first-order valence-electron chi connectivity index (χ1n) is 13.7. The Kier molecular flexibility index (Phi) is 13.3. The number of aliphatic carboxylic acids is 1. The van der Waals surface area contributed by atoms with Gasteiger partial charge in [0, 0.05) is 24.8 Å². The van der Waals surface area contributed by atoms with Crippen LogP contribution in [0.1, 0.15) is 102 Å². The van der Waals surface area contributed by atoms with Crippen molar-refractivity contribution >= 4 is 11.9 Å². The van der Waals surface area contributed by atoms with E-state index in [0.29, 0.717) is 31.5 Å². The summed E-state index contributed by atoms with van der Waals surface area (Å²) >= 11 is 0. The molecule has 1 aromatic rings. The Morgan fingerprint density at radius 1 is 0.972 bits per heavy atom. The van der Waals surface area contributed by atoms with E-state index in [1.54, 1.807) is 19.1 Å². The van der Waals surface area contributed by atoms with Gasteiger partial charge in [0.05, 0.1) is 6.61 Å². The summed E-state index contributed by atoms with van der Waals surface area (Å²) in [5, 5.41) is 15.9. The first-order chi connectivity index (χ1) is 17.4. The normalized spacial score (nSPS) is 19.8. The molecule has 0 aromatic heterocycles. The molecule has 1 aliphatic rings. The van der Waals surface area contributed by atoms with Crippen molar-refractivity contribution in [3.8, 4) is 0 Å². The van der Waals surface area contributed by atoms with Crippen molar-refractivity contribution in [2.45, 2.75) is 110 Å². The molecule has 8 heteroatoms. The van der Waals surface area contributed by atoms with E-state index in [2.05, 4.69) is 17.6 Å². The maximum atomic E-state index is 14.6. The quantitative estimate of drug-likeness (QED) is 0.105. The lowest BCUT2D eigenvalue weighted by Crippen LogP contribution is -2.48. The van der Waals surface area contributed by atoms with Gasteiger partial charge in [-0.05, 0) is 51.0 Å². The maximum absolute atomic E-state index is 14.6. The van der Waals surface area contributed by atoms with Gasteiger partial charge in [-0.1, -0.05) is 64.0 Å². The van der Waals surface area contributed by atoms with Gasteiger partial charge in [0.25, 0.3) is 0 Å². The van der Waals surface area contributed by atoms with E-state index in [1.807, 2.05) is 0 Å². The summed E-state index contributed by atoms with van der Waals surface area (Å²) in [4.78, 5) is 23.9. The number of carbonyl (C=O) groups is 2. The molecule has 0 saturated heterocycles. The molecule has 0 radical (unpaired) electrons. The zero-order chi connectivity index (χ0) is 26.4. The number of benzene rings is 1. The summed E-state index contributed by atoms with van der Waals surface area (Å²) in [7, 11) is 0. The topological polar surface area (TPSA) is 87.7 Å². The molecule has 0 aliphatic heterocycles. The standard InChI is InChI=1S/C28H44F2N2O4/c1-3-5-6-7-8-9-10-11-12-21-13-14-22(25(30)24(21)29)19-31-20-32-23-15-17-28(18-16-23,26(33)34)27(35)36-4-2/h13-14,23,31-32H,3-12,15-20H2,1-2H3,(H,33,34). The van der Waals surface area contributed by atoms with Gasteiger partial charge in [-0.25, -0.2) is 8.78 Å². The Balaban J connectivity index is 1.70. The maximum Gasteiger partial charge on any atom is 0.323 e. The Bertz CT molecular complexity index is 826. The molecular weight excluding hydrogens is 466 g/mol. The van der Waals surface area contributed by atoms with Crippen LogP contribution in [-0.4, -0.2) is 36.4 Å². The van der Waals surface area contributed by atoms with Crippen LogP contribution in [0.3, 0.4) is 0 Å². The van der Waals surface area contributed by atoms with Crippen molar-refractivity contribution in [1.82, 2.24) is 10.6 Å². The average molecular weight is 511 g/mol. The van der Waals surface area contributed by atoms with E-state index in [9.17, 15) is 23.5 Å². The van der Waals surface area contributed by atoms with Crippen molar-refractivity contribution in [2.75, 3.05) is 13.3 Å². The molecule has 0 spiro atoms. The van der Waals surface area contributed by atoms with Crippen LogP contribution in [0.25, 0.3) is 0 Å². The number of carbonyl (C=O) groups excluding carboxylic acids is 1. The minimum absolute atomic E-state index is 0.0370. The summed E-state index contributed by atoms with van der Waals surface area (Å²) in [6, 6.07) is 3.37. The molecule has 1 aliphatic carbocycles. The predicted octanol–water partition coefficient (Wildman–Crippen LogP) is 5.86. The molecular formula is C28H44F2N2O4. The second-order valence-electron chi connectivity index (χ2n) is 9.93. The van der Waals surface area contributed by atoms with Gasteiger partial charge in [-0.15, -0.1) is 0 Å². The van der Waals surface area contributed by atoms with Gasteiger partial charge in [-0.3, -0.25) is 9.59 Å². The number of aryl methyl sites for hydroxylation is 1. The fraction of sp³-hybridized carbons (Fsp3) is 0.714. The van der Waals surface area contributed by atoms with Gasteiger partial charge < -0.3 is 20.5 Å². The minimum Gasteiger partial charge on any atom is -0.480 e. The fourth-order valence-corrected chi connectivity index (χ4v) is 4.91. The van der Waals surface area contributed by atoms with Crippen molar-refractivity contribution in [3.63, 3.8) is 0 Å². The molecule has 36 heavy (non-hydrogen) atoms. The summed E-state index contributed by atoms with van der Waals surface area (Å²) < 4.78 is 34.1. The largest absolute Gasteiger partial charge is 0.480 e. The zero-order valence-corrected chi connectivity index (χ0v) is 22.0. The number of nitrogens with one attached hydrogen (secondary N) is 2. The molecule has 0 unspecified atom stereocenters. The number of hydrogen-bond acceptors (Lipinski definition) is 5. The molecule has 3 N–H and O–H groups in total. The monoisotopic (exact) mass is 510 g/mol. The molecule has 1 fully saturated rings. The Hall–Kier alpha value is -2.06. The van der Waals surface area contributed by atoms with E-state index < -0.39 is 29.0 Å². The van der Waals surface area contributed by atoms with Gasteiger partial charge in [-0.2, -0.15) is 0 Å². The number of halogens is 2. The number of esters is 1. The average Bonchev–Trinajstić information content (AvgIpc) is 2.87. The second kappa shape index (κ2) is 15.9. The van der Waals surface area contributed by atoms with Crippen molar-refractivity contribution in [3.05, 3.63) is 34.9 Å². The zero-order valence-electron chi connectivity index (χ0n) is 22.0. The highest BCUT2D eigenvalue weighted by Gasteiger charge is 2.49. The van der Waals surface area contributed by atoms with Crippen LogP contribution in [0.5, 0.6) is 0 Å². The van der Waals surface area contributed by atoms with Crippen LogP contribution in [0, 0.1) is 17.0 Å². The third-order valence-electron chi connectivity index (χ3n) is 7.29. The summed E-state index contributed by atoms with van der Waals surface area (Å²) in [5.41, 5.74) is -0.755. The Morgan fingerprint density at radius 2 is 1.56 bits per heavy atom. The smallest absolute Gasteiger partial charge is 0.323 e. The van der Waals surface area contributed by atoms with Crippen LogP contribution in [0.15, 0.2) is 12.1 Å². The van der Waals surface area contributed by atoms with Crippen molar-refractivity contribution in [2.24, 2.45) is 5.41 Å². The molecule has 2 rings (SSSR count). The van der Waals surface area contributed by atoms with Crippen molar-refractivity contribution in [1.29, 1.82) is 0 Å². The van der Waals surface area contributed by atoms with Gasteiger partial charge in [0.15, 0.2) is 17.0 Å². The highest BCUT2D eigenvalue weighted by molar-refractivity contribution is 5.99. The van der Waals surface area contributed by atoms with Gasteiger partial charge in [0.2, 0.25) is 0 Å². The third kappa shape index (κ3) is 8.80. The van der Waals surface area contributed by atoms with E-state index >= 15 is 0 Å². The second-order valence-corrected chi connectivity index (χ2v) is 9.93. The van der Waals surface area contributed by atoms with E-state index in [1.165, 1.54) is 32.1 Å². The highest BCUT2D eigenvalue weighted by Crippen LogP contribution is 2.38. The van der Waals surface area contributed by atoms with Crippen LogP contribution < -0.4 is 10.6 Å². The summed E-state index contributed by atoms with van der Waals surface area (Å²) in [6.45, 7) is 4.56.